The van der Waals surface area contributed by atoms with Crippen LogP contribution in [-0.4, -0.2) is 22.5 Å². The van der Waals surface area contributed by atoms with E-state index in [1.807, 2.05) is 0 Å². The molecule has 0 saturated heterocycles. The van der Waals surface area contributed by atoms with E-state index in [0.717, 1.165) is 0 Å². The number of amides is 1. The number of aliphatic carboxylic acids is 1. The van der Waals surface area contributed by atoms with Gasteiger partial charge in [0.2, 0.25) is 0 Å². The van der Waals surface area contributed by atoms with Gasteiger partial charge in [0.1, 0.15) is 5.54 Å². The first-order valence-electron chi connectivity index (χ1n) is 5.31. The van der Waals surface area contributed by atoms with Gasteiger partial charge in [0.15, 0.2) is 0 Å². The molecule has 0 saturated carbocycles. The van der Waals surface area contributed by atoms with Gasteiger partial charge in [0.25, 0.3) is 5.91 Å². The van der Waals surface area contributed by atoms with E-state index in [1.54, 1.807) is 6.92 Å². The molecule has 0 fully saturated rings. The lowest BCUT2D eigenvalue weighted by molar-refractivity contribution is -0.143. The minimum Gasteiger partial charge on any atom is -0.480 e. The summed E-state index contributed by atoms with van der Waals surface area (Å²) in [5, 5.41) is 12.1. The summed E-state index contributed by atoms with van der Waals surface area (Å²) in [6.45, 7) is 3.12. The van der Waals surface area contributed by atoms with Gasteiger partial charge in [0.05, 0.1) is 10.6 Å². The number of carboxylic acid groups (broad SMARTS) is 1. The molecule has 18 heavy (non-hydrogen) atoms. The van der Waals surface area contributed by atoms with Crippen LogP contribution in [0.3, 0.4) is 0 Å². The Morgan fingerprint density at radius 1 is 1.39 bits per heavy atom. The van der Waals surface area contributed by atoms with Gasteiger partial charge in [-0.2, -0.15) is 0 Å². The van der Waals surface area contributed by atoms with Crippen molar-refractivity contribution in [3.05, 3.63) is 33.8 Å². The average Bonchev–Trinajstić information content (AvgIpc) is 2.28. The molecule has 1 aromatic rings. The van der Waals surface area contributed by atoms with Gasteiger partial charge in [-0.25, -0.2) is 4.79 Å². The zero-order valence-corrected chi connectivity index (χ0v) is 11.5. The molecule has 1 rings (SSSR count). The predicted molar refractivity (Wildman–Crippen MR) is 70.3 cm³/mol. The summed E-state index contributed by atoms with van der Waals surface area (Å²) in [6, 6.07) is 4.41. The van der Waals surface area contributed by atoms with Crippen molar-refractivity contribution >= 4 is 35.1 Å². The Bertz CT molecular complexity index is 490. The van der Waals surface area contributed by atoms with Crippen molar-refractivity contribution in [2.45, 2.75) is 25.8 Å². The molecule has 0 radical (unpaired) electrons. The molecule has 1 aromatic carbocycles. The van der Waals surface area contributed by atoms with Gasteiger partial charge in [-0.15, -0.1) is 0 Å². The van der Waals surface area contributed by atoms with E-state index < -0.39 is 17.4 Å². The highest BCUT2D eigenvalue weighted by molar-refractivity contribution is 6.36. The molecule has 98 valence electrons. The summed E-state index contributed by atoms with van der Waals surface area (Å²) < 4.78 is 0. The van der Waals surface area contributed by atoms with Crippen molar-refractivity contribution < 1.29 is 14.7 Å². The smallest absolute Gasteiger partial charge is 0.329 e. The second kappa shape index (κ2) is 5.59. The number of carbonyl (C=O) groups excluding carboxylic acids is 1. The number of rotatable bonds is 4. The van der Waals surface area contributed by atoms with Gasteiger partial charge >= 0.3 is 5.97 Å². The fourth-order valence-electron chi connectivity index (χ4n) is 1.28. The van der Waals surface area contributed by atoms with E-state index in [-0.39, 0.29) is 17.0 Å². The minimum atomic E-state index is -1.32. The van der Waals surface area contributed by atoms with E-state index >= 15 is 0 Å². The Balaban J connectivity index is 2.98. The quantitative estimate of drug-likeness (QED) is 0.895. The molecule has 2 N–H and O–H groups in total. The number of benzene rings is 1. The summed E-state index contributed by atoms with van der Waals surface area (Å²) in [4.78, 5) is 23.0. The second-order valence-corrected chi connectivity index (χ2v) is 4.91. The molecule has 0 heterocycles. The van der Waals surface area contributed by atoms with Crippen LogP contribution < -0.4 is 5.32 Å². The third-order valence-corrected chi connectivity index (χ3v) is 3.29. The van der Waals surface area contributed by atoms with E-state index in [0.29, 0.717) is 5.02 Å². The summed E-state index contributed by atoms with van der Waals surface area (Å²) in [7, 11) is 0. The van der Waals surface area contributed by atoms with Gasteiger partial charge in [-0.05, 0) is 31.5 Å². The molecule has 0 aliphatic heterocycles. The summed E-state index contributed by atoms with van der Waals surface area (Å²) >= 11 is 11.6. The van der Waals surface area contributed by atoms with E-state index in [9.17, 15) is 9.59 Å². The van der Waals surface area contributed by atoms with Crippen molar-refractivity contribution in [1.29, 1.82) is 0 Å². The number of halogens is 2. The number of hydrogen-bond acceptors (Lipinski definition) is 2. The van der Waals surface area contributed by atoms with Crippen molar-refractivity contribution in [3.8, 4) is 0 Å². The van der Waals surface area contributed by atoms with Gasteiger partial charge in [-0.3, -0.25) is 4.79 Å². The number of nitrogens with one attached hydrogen (secondary N) is 1. The Kier molecular flexibility index (Phi) is 4.59. The maximum atomic E-state index is 12.0. The molecule has 0 bridgehead atoms. The van der Waals surface area contributed by atoms with Crippen molar-refractivity contribution in [2.75, 3.05) is 0 Å². The highest BCUT2D eigenvalue weighted by atomic mass is 35.5. The van der Waals surface area contributed by atoms with Crippen LogP contribution >= 0.6 is 23.2 Å². The number of carbonyl (C=O) groups is 2. The van der Waals surface area contributed by atoms with Crippen LogP contribution in [0.15, 0.2) is 18.2 Å². The van der Waals surface area contributed by atoms with Gasteiger partial charge in [0, 0.05) is 5.02 Å². The van der Waals surface area contributed by atoms with Crippen LogP contribution in [0.25, 0.3) is 0 Å². The fraction of sp³-hybridized carbons (Fsp3) is 0.333. The van der Waals surface area contributed by atoms with E-state index in [4.69, 9.17) is 28.3 Å². The molecule has 6 heteroatoms. The number of carboxylic acids is 1. The molecule has 4 nitrogen and oxygen atoms in total. The molecule has 0 aliphatic carbocycles. The summed E-state index contributed by atoms with van der Waals surface area (Å²) in [6.07, 6.45) is 0.263. The maximum absolute atomic E-state index is 12.0. The van der Waals surface area contributed by atoms with Gasteiger partial charge in [-0.1, -0.05) is 30.1 Å². The fourth-order valence-corrected chi connectivity index (χ4v) is 1.78. The molecular weight excluding hydrogens is 277 g/mol. The Labute approximate surface area is 115 Å². The van der Waals surface area contributed by atoms with Crippen molar-refractivity contribution in [1.82, 2.24) is 5.32 Å². The first kappa shape index (κ1) is 14.8. The molecular formula is C12H13Cl2NO3. The molecule has 1 unspecified atom stereocenters. The van der Waals surface area contributed by atoms with Crippen LogP contribution in [0.4, 0.5) is 0 Å². The van der Waals surface area contributed by atoms with Crippen LogP contribution in [-0.2, 0) is 4.79 Å². The third kappa shape index (κ3) is 3.15. The second-order valence-electron chi connectivity index (χ2n) is 4.07. The molecule has 0 aromatic heterocycles. The Hall–Kier alpha value is -1.26. The standard InChI is InChI=1S/C12H13Cl2NO3/c1-3-12(2,11(17)18)15-10(16)8-5-4-7(13)6-9(8)14/h4-6H,3H2,1-2H3,(H,15,16)(H,17,18). The molecule has 0 spiro atoms. The SMILES string of the molecule is CCC(C)(NC(=O)c1ccc(Cl)cc1Cl)C(=O)O. The Morgan fingerprint density at radius 3 is 2.44 bits per heavy atom. The molecule has 1 atom stereocenters. The van der Waals surface area contributed by atoms with Crippen molar-refractivity contribution in [3.63, 3.8) is 0 Å². The largest absolute Gasteiger partial charge is 0.480 e. The van der Waals surface area contributed by atoms with Crippen LogP contribution in [0.1, 0.15) is 30.6 Å². The lowest BCUT2D eigenvalue weighted by atomic mass is 9.98. The first-order valence-corrected chi connectivity index (χ1v) is 6.06. The normalized spacial score (nSPS) is 13.8. The average molecular weight is 290 g/mol. The Morgan fingerprint density at radius 2 is 2.00 bits per heavy atom. The zero-order valence-electron chi connectivity index (χ0n) is 9.96. The topological polar surface area (TPSA) is 66.4 Å². The van der Waals surface area contributed by atoms with E-state index in [2.05, 4.69) is 5.32 Å². The lowest BCUT2D eigenvalue weighted by Gasteiger charge is -2.24. The maximum Gasteiger partial charge on any atom is 0.329 e. The van der Waals surface area contributed by atoms with Gasteiger partial charge < -0.3 is 10.4 Å². The van der Waals surface area contributed by atoms with Crippen LogP contribution in [0.2, 0.25) is 10.0 Å². The monoisotopic (exact) mass is 289 g/mol. The zero-order chi connectivity index (χ0) is 13.9. The predicted octanol–water partition coefficient (Wildman–Crippen LogP) is 2.98. The van der Waals surface area contributed by atoms with Crippen LogP contribution in [0, 0.1) is 0 Å². The number of hydrogen-bond donors (Lipinski definition) is 2. The van der Waals surface area contributed by atoms with E-state index in [1.165, 1.54) is 25.1 Å². The molecule has 0 aliphatic rings. The molecule has 1 amide bonds. The lowest BCUT2D eigenvalue weighted by Crippen LogP contribution is -2.51. The highest BCUT2D eigenvalue weighted by Crippen LogP contribution is 2.22. The van der Waals surface area contributed by atoms with Crippen molar-refractivity contribution in [2.24, 2.45) is 0 Å². The minimum absolute atomic E-state index is 0.184. The summed E-state index contributed by atoms with van der Waals surface area (Å²) in [5.41, 5.74) is -1.12. The van der Waals surface area contributed by atoms with Crippen LogP contribution in [0.5, 0.6) is 0 Å². The highest BCUT2D eigenvalue weighted by Gasteiger charge is 2.33. The first-order chi connectivity index (χ1) is 8.30. The summed E-state index contributed by atoms with van der Waals surface area (Å²) in [5.74, 6) is -1.63. The third-order valence-electron chi connectivity index (χ3n) is 2.74.